The third kappa shape index (κ3) is 4.76. The Morgan fingerprint density at radius 1 is 0.929 bits per heavy atom. The Hall–Kier alpha value is -3.60. The first-order chi connectivity index (χ1) is 13.6. The van der Waals surface area contributed by atoms with Crippen LogP contribution in [0.15, 0.2) is 78.9 Å². The van der Waals surface area contributed by atoms with E-state index < -0.39 is 17.9 Å². The van der Waals surface area contributed by atoms with Crippen LogP contribution in [0.1, 0.15) is 15.9 Å². The van der Waals surface area contributed by atoms with E-state index in [2.05, 4.69) is 5.32 Å². The van der Waals surface area contributed by atoms with Gasteiger partial charge in [0, 0.05) is 12.0 Å². The quantitative estimate of drug-likeness (QED) is 0.646. The van der Waals surface area contributed by atoms with Crippen LogP contribution in [0.2, 0.25) is 0 Å². The van der Waals surface area contributed by atoms with E-state index in [1.807, 2.05) is 54.6 Å². The largest absolute Gasteiger partial charge is 0.508 e. The summed E-state index contributed by atoms with van der Waals surface area (Å²) >= 11 is 0. The van der Waals surface area contributed by atoms with Gasteiger partial charge < -0.3 is 15.2 Å². The molecular formula is C23H21NO4. The average Bonchev–Trinajstić information content (AvgIpc) is 2.73. The number of amides is 1. The molecule has 5 heteroatoms. The van der Waals surface area contributed by atoms with Crippen molar-refractivity contribution in [2.45, 2.75) is 12.5 Å². The Kier molecular flexibility index (Phi) is 6.07. The molecule has 0 aliphatic carbocycles. The van der Waals surface area contributed by atoms with Crippen molar-refractivity contribution in [2.24, 2.45) is 0 Å². The number of hydrogen-bond acceptors (Lipinski definition) is 4. The van der Waals surface area contributed by atoms with Gasteiger partial charge in [0.2, 0.25) is 0 Å². The molecule has 0 heterocycles. The highest BCUT2D eigenvalue weighted by molar-refractivity contribution is 5.97. The number of ether oxygens (including phenoxy) is 1. The van der Waals surface area contributed by atoms with Crippen molar-refractivity contribution < 1.29 is 19.4 Å². The fraction of sp³-hybridized carbons (Fsp3) is 0.130. The maximum absolute atomic E-state index is 12.4. The zero-order valence-corrected chi connectivity index (χ0v) is 15.5. The summed E-state index contributed by atoms with van der Waals surface area (Å²) in [7, 11) is 1.29. The molecule has 0 radical (unpaired) electrons. The van der Waals surface area contributed by atoms with E-state index in [4.69, 9.17) is 4.74 Å². The van der Waals surface area contributed by atoms with Crippen molar-refractivity contribution in [2.75, 3.05) is 7.11 Å². The zero-order valence-electron chi connectivity index (χ0n) is 15.5. The highest BCUT2D eigenvalue weighted by Crippen LogP contribution is 2.20. The highest BCUT2D eigenvalue weighted by atomic mass is 16.5. The van der Waals surface area contributed by atoms with Gasteiger partial charge in [0.15, 0.2) is 0 Å². The lowest BCUT2D eigenvalue weighted by atomic mass is 10.0. The maximum Gasteiger partial charge on any atom is 0.328 e. The molecular weight excluding hydrogens is 354 g/mol. The molecule has 0 saturated carbocycles. The summed E-state index contributed by atoms with van der Waals surface area (Å²) < 4.78 is 4.84. The molecule has 3 rings (SSSR count). The monoisotopic (exact) mass is 375 g/mol. The van der Waals surface area contributed by atoms with Gasteiger partial charge in [-0.25, -0.2) is 4.79 Å². The molecule has 1 atom stereocenters. The number of carbonyl (C=O) groups excluding carboxylic acids is 2. The third-order valence-electron chi connectivity index (χ3n) is 4.40. The summed E-state index contributed by atoms with van der Waals surface area (Å²) in [6.07, 6.45) is 0.298. The van der Waals surface area contributed by atoms with Gasteiger partial charge in [-0.1, -0.05) is 60.7 Å². The van der Waals surface area contributed by atoms with Crippen LogP contribution >= 0.6 is 0 Å². The van der Waals surface area contributed by atoms with Crippen LogP contribution in [0.4, 0.5) is 0 Å². The molecule has 3 aromatic rings. The van der Waals surface area contributed by atoms with E-state index in [9.17, 15) is 14.7 Å². The number of phenolic OH excluding ortho intramolecular Hbond substituents is 1. The molecule has 142 valence electrons. The topological polar surface area (TPSA) is 75.6 Å². The van der Waals surface area contributed by atoms with Gasteiger partial charge >= 0.3 is 5.97 Å². The van der Waals surface area contributed by atoms with Crippen molar-refractivity contribution in [1.82, 2.24) is 5.32 Å². The molecule has 0 fully saturated rings. The minimum Gasteiger partial charge on any atom is -0.508 e. The summed E-state index contributed by atoms with van der Waals surface area (Å²) in [5, 5.41) is 12.2. The number of esters is 1. The van der Waals surface area contributed by atoms with Crippen LogP contribution in [-0.4, -0.2) is 30.1 Å². The van der Waals surface area contributed by atoms with E-state index in [0.717, 1.165) is 16.7 Å². The molecule has 0 spiro atoms. The smallest absolute Gasteiger partial charge is 0.328 e. The molecule has 28 heavy (non-hydrogen) atoms. The lowest BCUT2D eigenvalue weighted by molar-refractivity contribution is -0.142. The van der Waals surface area contributed by atoms with E-state index in [0.29, 0.717) is 6.42 Å². The molecule has 0 saturated heterocycles. The lowest BCUT2D eigenvalue weighted by Crippen LogP contribution is -2.43. The van der Waals surface area contributed by atoms with Crippen LogP contribution < -0.4 is 5.32 Å². The number of benzene rings is 3. The molecule has 2 N–H and O–H groups in total. The first kappa shape index (κ1) is 19.2. The van der Waals surface area contributed by atoms with Crippen molar-refractivity contribution in [1.29, 1.82) is 0 Å². The molecule has 3 aromatic carbocycles. The molecule has 0 bridgehead atoms. The third-order valence-corrected chi connectivity index (χ3v) is 4.40. The fourth-order valence-electron chi connectivity index (χ4n) is 2.92. The molecule has 5 nitrogen and oxygen atoms in total. The SMILES string of the molecule is COC(=O)[C@H](Cc1ccc(-c2ccccc2)cc1)NC(=O)c1cccc(O)c1. The summed E-state index contributed by atoms with van der Waals surface area (Å²) in [5.41, 5.74) is 3.35. The van der Waals surface area contributed by atoms with E-state index in [1.165, 1.54) is 19.2 Å². The molecule has 0 aromatic heterocycles. The van der Waals surface area contributed by atoms with E-state index in [-0.39, 0.29) is 11.3 Å². The Bertz CT molecular complexity index is 952. The van der Waals surface area contributed by atoms with Crippen molar-refractivity contribution in [3.05, 3.63) is 90.0 Å². The first-order valence-electron chi connectivity index (χ1n) is 8.89. The lowest BCUT2D eigenvalue weighted by Gasteiger charge is -2.17. The average molecular weight is 375 g/mol. The minimum absolute atomic E-state index is 0.0150. The molecule has 0 unspecified atom stereocenters. The second kappa shape index (κ2) is 8.86. The zero-order chi connectivity index (χ0) is 19.9. The standard InChI is InChI=1S/C23H21NO4/c1-28-23(27)21(24-22(26)19-8-5-9-20(25)15-19)14-16-10-12-18(13-11-16)17-6-3-2-4-7-17/h2-13,15,21,25H,14H2,1H3,(H,24,26)/t21-/m0/s1. The summed E-state index contributed by atoms with van der Waals surface area (Å²) in [5.74, 6) is -0.994. The van der Waals surface area contributed by atoms with Gasteiger partial charge in [0.1, 0.15) is 11.8 Å². The minimum atomic E-state index is -0.831. The summed E-state index contributed by atoms with van der Waals surface area (Å²) in [4.78, 5) is 24.6. The van der Waals surface area contributed by atoms with E-state index >= 15 is 0 Å². The number of rotatable bonds is 6. The molecule has 0 aliphatic heterocycles. The van der Waals surface area contributed by atoms with Gasteiger partial charge in [-0.2, -0.15) is 0 Å². The van der Waals surface area contributed by atoms with Crippen molar-refractivity contribution in [3.63, 3.8) is 0 Å². The maximum atomic E-state index is 12.4. The Balaban J connectivity index is 1.74. The van der Waals surface area contributed by atoms with Crippen LogP contribution in [-0.2, 0) is 16.0 Å². The normalized spacial score (nSPS) is 11.5. The Morgan fingerprint density at radius 3 is 2.25 bits per heavy atom. The predicted octanol–water partition coefficient (Wildman–Crippen LogP) is 3.57. The molecule has 1 amide bonds. The van der Waals surface area contributed by atoms with E-state index in [1.54, 1.807) is 12.1 Å². The van der Waals surface area contributed by atoms with Crippen LogP contribution in [0.25, 0.3) is 11.1 Å². The van der Waals surface area contributed by atoms with Gasteiger partial charge in [-0.3, -0.25) is 4.79 Å². The van der Waals surface area contributed by atoms with Crippen molar-refractivity contribution >= 4 is 11.9 Å². The van der Waals surface area contributed by atoms with Gasteiger partial charge in [-0.05, 0) is 34.9 Å². The Labute approximate surface area is 163 Å². The number of aromatic hydroxyl groups is 1. The van der Waals surface area contributed by atoms with Gasteiger partial charge in [0.05, 0.1) is 7.11 Å². The number of phenols is 1. The number of carbonyl (C=O) groups is 2. The second-order valence-electron chi connectivity index (χ2n) is 6.37. The van der Waals surface area contributed by atoms with Crippen LogP contribution in [0.3, 0.4) is 0 Å². The number of nitrogens with one attached hydrogen (secondary N) is 1. The number of methoxy groups -OCH3 is 1. The first-order valence-corrected chi connectivity index (χ1v) is 8.89. The number of hydrogen-bond donors (Lipinski definition) is 2. The highest BCUT2D eigenvalue weighted by Gasteiger charge is 2.22. The second-order valence-corrected chi connectivity index (χ2v) is 6.37. The van der Waals surface area contributed by atoms with Crippen LogP contribution in [0.5, 0.6) is 5.75 Å². The van der Waals surface area contributed by atoms with Gasteiger partial charge in [0.25, 0.3) is 5.91 Å². The summed E-state index contributed by atoms with van der Waals surface area (Å²) in [6, 6.07) is 22.9. The Morgan fingerprint density at radius 2 is 1.61 bits per heavy atom. The van der Waals surface area contributed by atoms with Gasteiger partial charge in [-0.15, -0.1) is 0 Å². The molecule has 0 aliphatic rings. The fourth-order valence-corrected chi connectivity index (χ4v) is 2.92. The predicted molar refractivity (Wildman–Crippen MR) is 107 cm³/mol. The van der Waals surface area contributed by atoms with Crippen LogP contribution in [0, 0.1) is 0 Å². The summed E-state index contributed by atoms with van der Waals surface area (Å²) in [6.45, 7) is 0. The van der Waals surface area contributed by atoms with Crippen molar-refractivity contribution in [3.8, 4) is 16.9 Å².